The maximum Gasteiger partial charge on any atom is -0.0809 e. The summed E-state index contributed by atoms with van der Waals surface area (Å²) in [5.41, 5.74) is 3.02. The molecule has 0 atom stereocenters. The molecule has 23 heavy (non-hydrogen) atoms. The summed E-state index contributed by atoms with van der Waals surface area (Å²) < 4.78 is 0. The van der Waals surface area contributed by atoms with Gasteiger partial charge < -0.3 is 0 Å². The molecule has 0 aliphatic rings. The largest absolute Gasteiger partial charge is 0.168 e. The molecule has 0 aliphatic carbocycles. The molecule has 0 spiro atoms. The van der Waals surface area contributed by atoms with Crippen LogP contribution in [-0.4, -0.2) is 0 Å². The minimum Gasteiger partial charge on any atom is -0.168 e. The van der Waals surface area contributed by atoms with Crippen LogP contribution in [0.3, 0.4) is 0 Å². The Hall–Kier alpha value is -0.357. The van der Waals surface area contributed by atoms with Gasteiger partial charge in [-0.1, -0.05) is 45.6 Å². The molecule has 0 N–H and O–H groups in total. The van der Waals surface area contributed by atoms with Crippen molar-refractivity contribution in [2.45, 2.75) is 39.5 Å². The van der Waals surface area contributed by atoms with Gasteiger partial charge >= 0.3 is 37.9 Å². The molecule has 0 heterocycles. The van der Waals surface area contributed by atoms with Gasteiger partial charge in [0.1, 0.15) is 0 Å². The van der Waals surface area contributed by atoms with E-state index >= 15 is 0 Å². The van der Waals surface area contributed by atoms with E-state index in [1.807, 2.05) is 0 Å². The Bertz CT molecular complexity index is 589. The van der Waals surface area contributed by atoms with Crippen LogP contribution >= 0.6 is 17.0 Å². The Morgan fingerprint density at radius 2 is 1.78 bits per heavy atom. The average molecular weight is 427 g/mol. The topological polar surface area (TPSA) is 0 Å². The molecule has 3 rings (SSSR count). The van der Waals surface area contributed by atoms with E-state index in [1.165, 1.54) is 47.6 Å². The Morgan fingerprint density at radius 1 is 1.04 bits per heavy atom. The average Bonchev–Trinajstić information content (AvgIpc) is 3.19. The number of benzene rings is 1. The molecule has 3 heteroatoms. The fourth-order valence-electron chi connectivity index (χ4n) is 2.51. The van der Waals surface area contributed by atoms with Crippen molar-refractivity contribution in [3.05, 3.63) is 71.8 Å². The summed E-state index contributed by atoms with van der Waals surface area (Å²) in [6.07, 6.45) is 5.00. The van der Waals surface area contributed by atoms with E-state index in [4.69, 9.17) is 17.0 Å². The van der Waals surface area contributed by atoms with Gasteiger partial charge in [-0.3, -0.25) is 0 Å². The van der Waals surface area contributed by atoms with Crippen LogP contribution in [0.1, 0.15) is 37.8 Å². The first-order valence-corrected chi connectivity index (χ1v) is 14.4. The summed E-state index contributed by atoms with van der Waals surface area (Å²) in [5.74, 6) is 0. The zero-order valence-corrected chi connectivity index (χ0v) is 17.8. The van der Waals surface area contributed by atoms with Crippen molar-refractivity contribution in [2.24, 2.45) is 0 Å². The van der Waals surface area contributed by atoms with Gasteiger partial charge in [0, 0.05) is 0 Å². The third-order valence-electron chi connectivity index (χ3n) is 3.51. The Balaban J connectivity index is 0.000000199. The number of aryl methyl sites for hydroxylation is 2. The standard InChI is InChI=1S/C11H17.C9H7.2ClH.Zr/c1-3-5-10-7-8-11(9-10)6-4-2;1-2-5-9-7-3-6-8(9)4-1;;;/h7-9H,3-6H2,1-2H3;1-7H;2*1H;/q2*-1;;;+4/p-2. The number of rotatable bonds is 4. The minimum atomic E-state index is -0.826. The second kappa shape index (κ2) is 13.0. The quantitative estimate of drug-likeness (QED) is 0.386. The maximum atomic E-state index is 4.93. The zero-order chi connectivity index (χ0) is 16.9. The predicted octanol–water partition coefficient (Wildman–Crippen LogP) is 7.25. The Morgan fingerprint density at radius 3 is 2.43 bits per heavy atom. The van der Waals surface area contributed by atoms with E-state index in [0.717, 1.165) is 0 Å². The van der Waals surface area contributed by atoms with Gasteiger partial charge in [-0.25, -0.2) is 6.07 Å². The van der Waals surface area contributed by atoms with Gasteiger partial charge in [0.05, 0.1) is 0 Å². The van der Waals surface area contributed by atoms with Crippen molar-refractivity contribution < 1.29 is 20.8 Å². The van der Waals surface area contributed by atoms with Crippen molar-refractivity contribution >= 4 is 27.8 Å². The van der Waals surface area contributed by atoms with E-state index in [-0.39, 0.29) is 0 Å². The van der Waals surface area contributed by atoms with Crippen LogP contribution in [0.2, 0.25) is 0 Å². The van der Waals surface area contributed by atoms with Crippen LogP contribution in [0.5, 0.6) is 0 Å². The molecule has 0 saturated heterocycles. The van der Waals surface area contributed by atoms with E-state index in [9.17, 15) is 0 Å². The van der Waals surface area contributed by atoms with Crippen LogP contribution in [0.25, 0.3) is 10.8 Å². The van der Waals surface area contributed by atoms with Gasteiger partial charge in [-0.2, -0.15) is 40.8 Å². The van der Waals surface area contributed by atoms with Gasteiger partial charge in [0.2, 0.25) is 0 Å². The van der Waals surface area contributed by atoms with Crippen molar-refractivity contribution in [2.75, 3.05) is 0 Å². The third-order valence-corrected chi connectivity index (χ3v) is 3.51. The molecular weight excluding hydrogens is 402 g/mol. The number of halogens is 2. The van der Waals surface area contributed by atoms with Crippen molar-refractivity contribution in [1.29, 1.82) is 0 Å². The van der Waals surface area contributed by atoms with Crippen LogP contribution in [-0.2, 0) is 33.7 Å². The predicted molar refractivity (Wildman–Crippen MR) is 101 cm³/mol. The van der Waals surface area contributed by atoms with Gasteiger partial charge in [0.25, 0.3) is 0 Å². The summed E-state index contributed by atoms with van der Waals surface area (Å²) in [4.78, 5) is 0. The summed E-state index contributed by atoms with van der Waals surface area (Å²) >= 11 is -0.826. The molecule has 0 radical (unpaired) electrons. The number of hydrogen-bond acceptors (Lipinski definition) is 0. The second-order valence-electron chi connectivity index (χ2n) is 5.35. The number of hydrogen-bond donors (Lipinski definition) is 0. The summed E-state index contributed by atoms with van der Waals surface area (Å²) in [7, 11) is 9.87. The molecular formula is C20H24Cl2Zr. The van der Waals surface area contributed by atoms with Crippen LogP contribution in [0.15, 0.2) is 60.7 Å². The van der Waals surface area contributed by atoms with Crippen molar-refractivity contribution in [3.8, 4) is 0 Å². The first-order valence-electron chi connectivity index (χ1n) is 8.06. The molecule has 0 saturated carbocycles. The Kier molecular flexibility index (Phi) is 11.7. The molecule has 0 aromatic heterocycles. The van der Waals surface area contributed by atoms with Crippen LogP contribution in [0.4, 0.5) is 0 Å². The molecule has 3 aromatic rings. The smallest absolute Gasteiger partial charge is 0.0809 e. The fourth-order valence-corrected chi connectivity index (χ4v) is 2.51. The molecule has 0 bridgehead atoms. The Labute approximate surface area is 159 Å². The fraction of sp³-hybridized carbons (Fsp3) is 0.300. The molecule has 0 fully saturated rings. The second-order valence-corrected chi connectivity index (χ2v) is 9.09. The van der Waals surface area contributed by atoms with E-state index < -0.39 is 20.8 Å². The zero-order valence-electron chi connectivity index (χ0n) is 13.9. The first kappa shape index (κ1) is 20.7. The monoisotopic (exact) mass is 424 g/mol. The molecule has 0 aliphatic heterocycles. The van der Waals surface area contributed by atoms with Crippen molar-refractivity contribution in [3.63, 3.8) is 0 Å². The molecule has 0 unspecified atom stereocenters. The number of fused-ring (bicyclic) bond motifs is 1. The molecule has 122 valence electrons. The van der Waals surface area contributed by atoms with Gasteiger partial charge in [-0.05, 0) is 0 Å². The van der Waals surface area contributed by atoms with Crippen LogP contribution in [0, 0.1) is 0 Å². The normalized spacial score (nSPS) is 9.39. The third kappa shape index (κ3) is 8.34. The van der Waals surface area contributed by atoms with E-state index in [1.54, 1.807) is 0 Å². The maximum absolute atomic E-state index is 4.93. The van der Waals surface area contributed by atoms with Crippen LogP contribution < -0.4 is 0 Å². The van der Waals surface area contributed by atoms with Crippen molar-refractivity contribution in [1.82, 2.24) is 0 Å². The summed E-state index contributed by atoms with van der Waals surface area (Å²) in [6.45, 7) is 4.46. The minimum absolute atomic E-state index is 0.826. The SMILES string of the molecule is CCCc1cc[c-](CCC)c1.[Cl][Zr+2][Cl].c1ccc2[cH-]ccc2c1. The molecule has 0 amide bonds. The van der Waals surface area contributed by atoms with E-state index in [0.29, 0.717) is 0 Å². The summed E-state index contributed by atoms with van der Waals surface area (Å²) in [5, 5.41) is 2.66. The van der Waals surface area contributed by atoms with Gasteiger partial charge in [-0.15, -0.1) is 29.7 Å². The first-order chi connectivity index (χ1) is 11.2. The molecule has 0 nitrogen and oxygen atoms in total. The van der Waals surface area contributed by atoms with Gasteiger partial charge in [0.15, 0.2) is 0 Å². The summed E-state index contributed by atoms with van der Waals surface area (Å²) in [6, 6.07) is 21.5. The molecule has 3 aromatic carbocycles. The van der Waals surface area contributed by atoms with E-state index in [2.05, 4.69) is 74.5 Å².